The summed E-state index contributed by atoms with van der Waals surface area (Å²) in [7, 11) is 1.66. The van der Waals surface area contributed by atoms with Gasteiger partial charge in [0.25, 0.3) is 0 Å². The molecule has 1 aliphatic rings. The van der Waals surface area contributed by atoms with E-state index in [9.17, 15) is 4.79 Å². The van der Waals surface area contributed by atoms with Gasteiger partial charge in [0, 0.05) is 17.9 Å². The summed E-state index contributed by atoms with van der Waals surface area (Å²) in [6.07, 6.45) is 1.51. The molecule has 1 atom stereocenters. The number of ether oxygens (including phenoxy) is 1. The molecular formula is C21H28N2O2. The third kappa shape index (κ3) is 3.22. The van der Waals surface area contributed by atoms with Gasteiger partial charge < -0.3 is 4.74 Å². The first-order chi connectivity index (χ1) is 11.7. The first-order valence-electron chi connectivity index (χ1n) is 9.02. The van der Waals surface area contributed by atoms with E-state index in [0.29, 0.717) is 18.3 Å². The van der Waals surface area contributed by atoms with Crippen molar-refractivity contribution in [2.45, 2.75) is 52.9 Å². The average Bonchev–Trinajstić information content (AvgIpc) is 2.95. The van der Waals surface area contributed by atoms with Gasteiger partial charge in [-0.25, -0.2) is 4.68 Å². The van der Waals surface area contributed by atoms with Crippen molar-refractivity contribution in [3.63, 3.8) is 0 Å². The summed E-state index contributed by atoms with van der Waals surface area (Å²) in [4.78, 5) is 13.0. The fourth-order valence-electron chi connectivity index (χ4n) is 3.55. The minimum absolute atomic E-state index is 0.172. The lowest BCUT2D eigenvalue weighted by atomic mass is 9.77. The fourth-order valence-corrected chi connectivity index (χ4v) is 3.55. The van der Waals surface area contributed by atoms with E-state index < -0.39 is 0 Å². The summed E-state index contributed by atoms with van der Waals surface area (Å²) >= 11 is 0. The van der Waals surface area contributed by atoms with Crippen molar-refractivity contribution in [3.8, 4) is 11.4 Å². The van der Waals surface area contributed by atoms with Crippen molar-refractivity contribution in [3.05, 3.63) is 41.2 Å². The average molecular weight is 340 g/mol. The molecular weight excluding hydrogens is 312 g/mol. The van der Waals surface area contributed by atoms with Crippen LogP contribution in [0.4, 0.5) is 0 Å². The molecule has 0 aliphatic heterocycles. The lowest BCUT2D eigenvalue weighted by Gasteiger charge is -2.26. The highest BCUT2D eigenvalue weighted by Crippen LogP contribution is 2.37. The number of Topliss-reactive ketones (excluding diaryl/α,β-unsaturated/α-hetero) is 1. The number of ketones is 1. The van der Waals surface area contributed by atoms with Gasteiger partial charge in [-0.2, -0.15) is 5.10 Å². The Balaban J connectivity index is 2.21. The second kappa shape index (κ2) is 6.32. The maximum Gasteiger partial charge on any atom is 0.166 e. The van der Waals surface area contributed by atoms with Crippen LogP contribution in [0.2, 0.25) is 0 Å². The predicted molar refractivity (Wildman–Crippen MR) is 99.8 cm³/mol. The second-order valence-corrected chi connectivity index (χ2v) is 8.37. The molecule has 0 spiro atoms. The van der Waals surface area contributed by atoms with Crippen LogP contribution in [0, 0.1) is 11.8 Å². The highest BCUT2D eigenvalue weighted by Gasteiger charge is 2.36. The molecule has 0 N–H and O–H groups in total. The fraction of sp³-hybridized carbons (Fsp3) is 0.524. The van der Waals surface area contributed by atoms with Crippen LogP contribution in [-0.2, 0) is 11.8 Å². The standard InChI is InChI=1S/C21H28N2O2/c1-13(2)14-10-17-19(18(24)11-14)20(21(3,4)5)22-23(17)15-8-7-9-16(12-15)25-6/h7-9,12-14H,10-11H2,1-6H3. The van der Waals surface area contributed by atoms with E-state index in [2.05, 4.69) is 34.6 Å². The number of carbonyl (C=O) groups excluding carboxylic acids is 1. The Labute approximate surface area is 150 Å². The molecule has 0 saturated carbocycles. The SMILES string of the molecule is COc1cccc(-n2nc(C(C)(C)C)c3c2CC(C(C)C)CC3=O)c1. The van der Waals surface area contributed by atoms with E-state index >= 15 is 0 Å². The van der Waals surface area contributed by atoms with E-state index in [1.54, 1.807) is 7.11 Å². The van der Waals surface area contributed by atoms with Crippen LogP contribution in [-0.4, -0.2) is 22.7 Å². The highest BCUT2D eigenvalue weighted by atomic mass is 16.5. The van der Waals surface area contributed by atoms with Crippen LogP contribution in [0.15, 0.2) is 24.3 Å². The minimum Gasteiger partial charge on any atom is -0.497 e. The zero-order chi connectivity index (χ0) is 18.4. The van der Waals surface area contributed by atoms with Gasteiger partial charge in [-0.3, -0.25) is 4.79 Å². The van der Waals surface area contributed by atoms with E-state index in [-0.39, 0.29) is 11.2 Å². The maximum absolute atomic E-state index is 13.0. The molecule has 25 heavy (non-hydrogen) atoms. The third-order valence-electron chi connectivity index (χ3n) is 5.11. The Hall–Kier alpha value is -2.10. The third-order valence-corrected chi connectivity index (χ3v) is 5.11. The Kier molecular flexibility index (Phi) is 4.48. The summed E-state index contributed by atoms with van der Waals surface area (Å²) in [6.45, 7) is 10.7. The highest BCUT2D eigenvalue weighted by molar-refractivity contribution is 6.00. The van der Waals surface area contributed by atoms with Crippen molar-refractivity contribution in [2.24, 2.45) is 11.8 Å². The van der Waals surface area contributed by atoms with E-state index in [4.69, 9.17) is 9.84 Å². The molecule has 2 aromatic rings. The van der Waals surface area contributed by atoms with Gasteiger partial charge >= 0.3 is 0 Å². The molecule has 0 saturated heterocycles. The van der Waals surface area contributed by atoms with Gasteiger partial charge in [0.1, 0.15) is 5.75 Å². The summed E-state index contributed by atoms with van der Waals surface area (Å²) in [5, 5.41) is 4.89. The molecule has 0 amide bonds. The normalized spacial score (nSPS) is 17.7. The van der Waals surface area contributed by atoms with Crippen molar-refractivity contribution in [1.82, 2.24) is 9.78 Å². The molecule has 1 aromatic carbocycles. The van der Waals surface area contributed by atoms with Gasteiger partial charge in [-0.15, -0.1) is 0 Å². The van der Waals surface area contributed by atoms with Gasteiger partial charge in [0.05, 0.1) is 29.7 Å². The van der Waals surface area contributed by atoms with Crippen LogP contribution in [0.1, 0.15) is 62.8 Å². The molecule has 4 heteroatoms. The lowest BCUT2D eigenvalue weighted by Crippen LogP contribution is -2.26. The zero-order valence-electron chi connectivity index (χ0n) is 16.1. The number of benzene rings is 1. The monoisotopic (exact) mass is 340 g/mol. The summed E-state index contributed by atoms with van der Waals surface area (Å²) in [5.41, 5.74) is 3.57. The van der Waals surface area contributed by atoms with Gasteiger partial charge in [-0.1, -0.05) is 40.7 Å². The lowest BCUT2D eigenvalue weighted by molar-refractivity contribution is 0.0930. The quantitative estimate of drug-likeness (QED) is 0.821. The number of fused-ring (bicyclic) bond motifs is 1. The molecule has 1 aromatic heterocycles. The molecule has 1 unspecified atom stereocenters. The number of hydrogen-bond donors (Lipinski definition) is 0. The van der Waals surface area contributed by atoms with Crippen molar-refractivity contribution in [1.29, 1.82) is 0 Å². The van der Waals surface area contributed by atoms with Crippen LogP contribution >= 0.6 is 0 Å². The first kappa shape index (κ1) is 17.7. The first-order valence-corrected chi connectivity index (χ1v) is 9.02. The number of carbonyl (C=O) groups is 1. The number of aromatic nitrogens is 2. The smallest absolute Gasteiger partial charge is 0.166 e. The van der Waals surface area contributed by atoms with Crippen LogP contribution in [0.3, 0.4) is 0 Å². The van der Waals surface area contributed by atoms with Crippen molar-refractivity contribution < 1.29 is 9.53 Å². The number of rotatable bonds is 3. The largest absolute Gasteiger partial charge is 0.497 e. The van der Waals surface area contributed by atoms with Crippen LogP contribution in [0.5, 0.6) is 5.75 Å². The van der Waals surface area contributed by atoms with Crippen molar-refractivity contribution >= 4 is 5.78 Å². The number of hydrogen-bond acceptors (Lipinski definition) is 3. The maximum atomic E-state index is 13.0. The summed E-state index contributed by atoms with van der Waals surface area (Å²) < 4.78 is 7.33. The molecule has 134 valence electrons. The van der Waals surface area contributed by atoms with Crippen LogP contribution in [0.25, 0.3) is 5.69 Å². The Morgan fingerprint density at radius 2 is 1.96 bits per heavy atom. The van der Waals surface area contributed by atoms with Gasteiger partial charge in [-0.05, 0) is 30.4 Å². The zero-order valence-corrected chi connectivity index (χ0v) is 16.1. The van der Waals surface area contributed by atoms with Gasteiger partial charge in [0.15, 0.2) is 5.78 Å². The predicted octanol–water partition coefficient (Wildman–Crippen LogP) is 4.58. The molecule has 1 heterocycles. The number of nitrogens with zero attached hydrogens (tertiary/aromatic N) is 2. The Morgan fingerprint density at radius 3 is 2.56 bits per heavy atom. The molecule has 0 radical (unpaired) electrons. The number of methoxy groups -OCH3 is 1. The van der Waals surface area contributed by atoms with E-state index in [1.165, 1.54) is 0 Å². The summed E-state index contributed by atoms with van der Waals surface area (Å²) in [6, 6.07) is 7.88. The van der Waals surface area contributed by atoms with E-state index in [0.717, 1.165) is 34.8 Å². The van der Waals surface area contributed by atoms with Crippen LogP contribution < -0.4 is 4.74 Å². The Bertz CT molecular complexity index is 797. The second-order valence-electron chi connectivity index (χ2n) is 8.37. The molecule has 0 bridgehead atoms. The van der Waals surface area contributed by atoms with Gasteiger partial charge in [0.2, 0.25) is 0 Å². The topological polar surface area (TPSA) is 44.1 Å². The van der Waals surface area contributed by atoms with E-state index in [1.807, 2.05) is 28.9 Å². The molecule has 4 nitrogen and oxygen atoms in total. The minimum atomic E-state index is -0.172. The van der Waals surface area contributed by atoms with Crippen molar-refractivity contribution in [2.75, 3.05) is 7.11 Å². The molecule has 0 fully saturated rings. The summed E-state index contributed by atoms with van der Waals surface area (Å²) in [5.74, 6) is 1.87. The Morgan fingerprint density at radius 1 is 1.24 bits per heavy atom. The molecule has 3 rings (SSSR count). The molecule has 1 aliphatic carbocycles.